The number of nitrogens with one attached hydrogen (secondary N) is 2. The SMILES string of the molecule is CC1CCC(CNc2c(N=CC3(c4ccccc4)CCC3)nc(C(=N)OC(N)=O)nc2-c2cc(Cl)c[n+]([O-])c2)CC1. The highest BCUT2D eigenvalue weighted by Gasteiger charge is 2.37. The molecule has 5 rings (SSSR count). The van der Waals surface area contributed by atoms with Gasteiger partial charge >= 0.3 is 6.09 Å². The summed E-state index contributed by atoms with van der Waals surface area (Å²) in [7, 11) is 0. The molecule has 41 heavy (non-hydrogen) atoms. The van der Waals surface area contributed by atoms with Gasteiger partial charge in [0, 0.05) is 18.2 Å². The molecule has 2 fully saturated rings. The summed E-state index contributed by atoms with van der Waals surface area (Å²) in [5.41, 5.74) is 7.33. The smallest absolute Gasteiger partial charge is 0.411 e. The first-order valence-electron chi connectivity index (χ1n) is 13.9. The minimum atomic E-state index is -1.16. The molecule has 0 unspecified atom stereocenters. The Morgan fingerprint density at radius 3 is 2.61 bits per heavy atom. The normalized spacial score (nSPS) is 19.9. The zero-order valence-corrected chi connectivity index (χ0v) is 23.7. The zero-order chi connectivity index (χ0) is 29.0. The van der Waals surface area contributed by atoms with Crippen LogP contribution in [0.3, 0.4) is 0 Å². The van der Waals surface area contributed by atoms with E-state index < -0.39 is 12.0 Å². The van der Waals surface area contributed by atoms with Crippen LogP contribution in [0.5, 0.6) is 0 Å². The second-order valence-electron chi connectivity index (χ2n) is 11.1. The lowest BCUT2D eigenvalue weighted by molar-refractivity contribution is -0.604. The number of hydrogen-bond acceptors (Lipinski definition) is 8. The number of ether oxygens (including phenoxy) is 1. The molecule has 0 saturated heterocycles. The maximum Gasteiger partial charge on any atom is 0.411 e. The van der Waals surface area contributed by atoms with Crippen LogP contribution in [0.4, 0.5) is 16.3 Å². The van der Waals surface area contributed by atoms with Crippen LogP contribution in [0.25, 0.3) is 11.3 Å². The molecule has 4 N–H and O–H groups in total. The quantitative estimate of drug-likeness (QED) is 0.131. The molecule has 0 atom stereocenters. The summed E-state index contributed by atoms with van der Waals surface area (Å²) in [6.07, 6.45) is 10.9. The Bertz CT molecular complexity index is 1430. The summed E-state index contributed by atoms with van der Waals surface area (Å²) in [5, 5.41) is 24.4. The lowest BCUT2D eigenvalue weighted by atomic mass is 9.65. The van der Waals surface area contributed by atoms with Crippen molar-refractivity contribution < 1.29 is 14.3 Å². The van der Waals surface area contributed by atoms with Gasteiger partial charge in [0.2, 0.25) is 5.82 Å². The van der Waals surface area contributed by atoms with E-state index in [-0.39, 0.29) is 22.1 Å². The van der Waals surface area contributed by atoms with Crippen LogP contribution in [0.1, 0.15) is 63.3 Å². The summed E-state index contributed by atoms with van der Waals surface area (Å²) in [4.78, 5) is 25.4. The number of pyridine rings is 1. The van der Waals surface area contributed by atoms with Crippen molar-refractivity contribution in [3.63, 3.8) is 0 Å². The van der Waals surface area contributed by atoms with E-state index in [0.29, 0.717) is 34.1 Å². The van der Waals surface area contributed by atoms with Crippen LogP contribution in [0, 0.1) is 22.5 Å². The van der Waals surface area contributed by atoms with E-state index in [4.69, 9.17) is 32.5 Å². The number of aromatic nitrogens is 3. The molecule has 3 aromatic rings. The molecular weight excluding hydrogens is 542 g/mol. The fourth-order valence-corrected chi connectivity index (χ4v) is 5.81. The van der Waals surface area contributed by atoms with Crippen molar-refractivity contribution >= 4 is 41.3 Å². The van der Waals surface area contributed by atoms with Gasteiger partial charge in [0.1, 0.15) is 16.4 Å². The standard InChI is InChI=1S/C30H34ClN7O3/c1-19-8-10-20(11-9-19)15-34-25-24(21-14-23(31)17-38(40)16-21)36-28(26(32)41-29(33)39)37-27(25)35-18-30(12-5-13-30)22-6-3-2-4-7-22/h2-4,6-7,14,16-20,32,34H,5,8-13,15H2,1H3,(H2,33,39). The third-order valence-corrected chi connectivity index (χ3v) is 8.32. The molecule has 0 aliphatic heterocycles. The van der Waals surface area contributed by atoms with Crippen LogP contribution in [0.2, 0.25) is 5.02 Å². The van der Waals surface area contributed by atoms with E-state index in [9.17, 15) is 10.0 Å². The molecule has 10 nitrogen and oxygen atoms in total. The molecule has 2 heterocycles. The summed E-state index contributed by atoms with van der Waals surface area (Å²) in [5.74, 6) is 0.630. The van der Waals surface area contributed by atoms with Gasteiger partial charge in [-0.15, -0.1) is 0 Å². The molecule has 11 heteroatoms. The second-order valence-corrected chi connectivity index (χ2v) is 11.5. The number of carbonyl (C=O) groups is 1. The monoisotopic (exact) mass is 575 g/mol. The largest absolute Gasteiger partial charge is 0.619 e. The van der Waals surface area contributed by atoms with E-state index in [1.165, 1.54) is 30.8 Å². The highest BCUT2D eigenvalue weighted by molar-refractivity contribution is 6.30. The highest BCUT2D eigenvalue weighted by Crippen LogP contribution is 2.43. The van der Waals surface area contributed by atoms with Crippen LogP contribution >= 0.6 is 11.6 Å². The first-order chi connectivity index (χ1) is 19.7. The predicted octanol–water partition coefficient (Wildman–Crippen LogP) is 5.91. The molecule has 2 aromatic heterocycles. The average molecular weight is 576 g/mol. The van der Waals surface area contributed by atoms with Gasteiger partial charge < -0.3 is 21.0 Å². The van der Waals surface area contributed by atoms with Crippen molar-refractivity contribution in [1.29, 1.82) is 5.41 Å². The highest BCUT2D eigenvalue weighted by atomic mass is 35.5. The first-order valence-corrected chi connectivity index (χ1v) is 14.3. The Morgan fingerprint density at radius 2 is 1.98 bits per heavy atom. The predicted molar refractivity (Wildman–Crippen MR) is 159 cm³/mol. The van der Waals surface area contributed by atoms with Crippen LogP contribution in [0.15, 0.2) is 53.8 Å². The van der Waals surface area contributed by atoms with Crippen LogP contribution in [-0.4, -0.2) is 34.7 Å². The Labute approximate surface area is 244 Å². The number of aliphatic imine (C=N–C) groups is 1. The van der Waals surface area contributed by atoms with Crippen molar-refractivity contribution in [3.8, 4) is 11.3 Å². The van der Waals surface area contributed by atoms with Gasteiger partial charge in [0.05, 0.1) is 5.56 Å². The van der Waals surface area contributed by atoms with Gasteiger partial charge in [-0.2, -0.15) is 4.73 Å². The Morgan fingerprint density at radius 1 is 1.24 bits per heavy atom. The minimum Gasteiger partial charge on any atom is -0.619 e. The van der Waals surface area contributed by atoms with Gasteiger partial charge in [0.25, 0.3) is 5.90 Å². The number of primary amides is 1. The van der Waals surface area contributed by atoms with E-state index in [1.54, 1.807) is 6.07 Å². The molecule has 2 aliphatic carbocycles. The number of anilines is 1. The molecule has 214 valence electrons. The average Bonchev–Trinajstić information content (AvgIpc) is 2.92. The number of hydrogen-bond donors (Lipinski definition) is 3. The third-order valence-electron chi connectivity index (χ3n) is 8.11. The fraction of sp³-hybridized carbons (Fsp3) is 0.400. The molecule has 1 amide bonds. The Kier molecular flexibility index (Phi) is 8.49. The summed E-state index contributed by atoms with van der Waals surface area (Å²) >= 11 is 6.25. The number of benzene rings is 1. The summed E-state index contributed by atoms with van der Waals surface area (Å²) in [6, 6.07) is 11.8. The van der Waals surface area contributed by atoms with Gasteiger partial charge in [0.15, 0.2) is 18.2 Å². The van der Waals surface area contributed by atoms with Gasteiger partial charge in [-0.1, -0.05) is 68.1 Å². The van der Waals surface area contributed by atoms with Crippen molar-refractivity contribution in [2.45, 2.75) is 57.3 Å². The number of nitrogens with zero attached hydrogens (tertiary/aromatic N) is 4. The third kappa shape index (κ3) is 6.65. The van der Waals surface area contributed by atoms with E-state index in [1.807, 2.05) is 24.4 Å². The molecule has 0 bridgehead atoms. The number of amides is 1. The number of halogens is 1. The number of rotatable bonds is 8. The van der Waals surface area contributed by atoms with Crippen molar-refractivity contribution in [2.24, 2.45) is 22.6 Å². The summed E-state index contributed by atoms with van der Waals surface area (Å²) in [6.45, 7) is 2.95. The maximum absolute atomic E-state index is 12.4. The van der Waals surface area contributed by atoms with Gasteiger partial charge in [-0.05, 0) is 49.1 Å². The minimum absolute atomic E-state index is 0.192. The topological polar surface area (TPSA) is 153 Å². The van der Waals surface area contributed by atoms with Crippen LogP contribution < -0.4 is 15.8 Å². The second kappa shape index (κ2) is 12.2. The molecule has 0 radical (unpaired) electrons. The van der Waals surface area contributed by atoms with Gasteiger partial charge in [-0.3, -0.25) is 5.41 Å². The van der Waals surface area contributed by atoms with E-state index in [2.05, 4.69) is 34.3 Å². The lowest BCUT2D eigenvalue weighted by Gasteiger charge is -2.39. The van der Waals surface area contributed by atoms with E-state index >= 15 is 0 Å². The first kappa shape index (κ1) is 28.5. The van der Waals surface area contributed by atoms with Crippen molar-refractivity contribution in [1.82, 2.24) is 9.97 Å². The zero-order valence-electron chi connectivity index (χ0n) is 23.0. The fourth-order valence-electron chi connectivity index (χ4n) is 5.59. The molecule has 0 spiro atoms. The number of nitrogens with two attached hydrogens (primary N) is 1. The summed E-state index contributed by atoms with van der Waals surface area (Å²) < 4.78 is 5.41. The Balaban J connectivity index is 1.62. The van der Waals surface area contributed by atoms with Crippen LogP contribution in [-0.2, 0) is 10.2 Å². The van der Waals surface area contributed by atoms with Crippen molar-refractivity contribution in [3.05, 3.63) is 70.4 Å². The maximum atomic E-state index is 12.4. The molecule has 2 aliphatic rings. The number of carbonyl (C=O) groups excluding carboxylic acids is 1. The molecular formula is C30H34ClN7O3. The Hall–Kier alpha value is -4.05. The lowest BCUT2D eigenvalue weighted by Crippen LogP contribution is -2.35. The van der Waals surface area contributed by atoms with Gasteiger partial charge in [-0.25, -0.2) is 19.8 Å². The van der Waals surface area contributed by atoms with E-state index in [0.717, 1.165) is 38.0 Å². The molecule has 2 saturated carbocycles. The molecule has 1 aromatic carbocycles. The van der Waals surface area contributed by atoms with Crippen molar-refractivity contribution in [2.75, 3.05) is 11.9 Å².